The Kier molecular flexibility index (Phi) is 66.7. The number of nitrogens with zero attached hydrogens (tertiary/aromatic N) is 2. The molecule has 0 saturated heterocycles. The van der Waals surface area contributed by atoms with E-state index in [9.17, 15) is 19.2 Å². The monoisotopic (exact) mass is 1310 g/mol. The number of cyclic esters (lactones) is 2. The highest BCUT2D eigenvalue weighted by Crippen LogP contribution is 2.21. The van der Waals surface area contributed by atoms with Gasteiger partial charge in [0.1, 0.15) is 12.2 Å². The van der Waals surface area contributed by atoms with Gasteiger partial charge in [-0.1, -0.05) is 200 Å². The second kappa shape index (κ2) is 71.5. The van der Waals surface area contributed by atoms with Gasteiger partial charge in [-0.25, -0.2) is 0 Å². The number of carbonyl (C=O) groups is 4. The number of esters is 4. The predicted molar refractivity (Wildman–Crippen MR) is 401 cm³/mol. The number of rotatable bonds is 10. The predicted octanol–water partition coefficient (Wildman–Crippen LogP) is 23.5. The van der Waals surface area contributed by atoms with Gasteiger partial charge in [0.15, 0.2) is 0 Å². The molecule has 0 amide bonds. The van der Waals surface area contributed by atoms with E-state index in [0.717, 1.165) is 206 Å². The average Bonchev–Trinajstić information content (AvgIpc) is 3.66. The van der Waals surface area contributed by atoms with Crippen LogP contribution in [0.2, 0.25) is 0 Å². The van der Waals surface area contributed by atoms with Crippen molar-refractivity contribution in [3.63, 3.8) is 0 Å². The molecule has 2 unspecified atom stereocenters. The van der Waals surface area contributed by atoms with Gasteiger partial charge in [0.05, 0.1) is 13.2 Å². The maximum atomic E-state index is 12.7. The van der Waals surface area contributed by atoms with Crippen LogP contribution in [0, 0.1) is 0 Å². The molecule has 540 valence electrons. The Labute approximate surface area is 579 Å². The molecule has 0 bridgehead atoms. The molecule has 10 heteroatoms. The van der Waals surface area contributed by atoms with Gasteiger partial charge in [-0.15, -0.1) is 0 Å². The third kappa shape index (κ3) is 69.1. The molecule has 0 fully saturated rings. The first-order chi connectivity index (χ1) is 46.2. The van der Waals surface area contributed by atoms with Crippen molar-refractivity contribution in [2.75, 3.05) is 54.5 Å². The summed E-state index contributed by atoms with van der Waals surface area (Å²) in [5.74, 6) is -0.172. The molecule has 0 aromatic carbocycles. The molecule has 2 atom stereocenters. The van der Waals surface area contributed by atoms with E-state index >= 15 is 0 Å². The van der Waals surface area contributed by atoms with Gasteiger partial charge < -0.3 is 28.7 Å². The lowest BCUT2D eigenvalue weighted by molar-refractivity contribution is -0.151. The smallest absolute Gasteiger partial charge is 0.306 e. The van der Waals surface area contributed by atoms with Gasteiger partial charge >= 0.3 is 23.9 Å². The second-order valence-corrected chi connectivity index (χ2v) is 27.5. The molecule has 1 aliphatic heterocycles. The molecule has 1 heterocycles. The summed E-state index contributed by atoms with van der Waals surface area (Å²) < 4.78 is 23.1. The molecule has 0 aromatic rings. The van der Waals surface area contributed by atoms with Gasteiger partial charge in [-0.3, -0.25) is 19.2 Å². The number of carbonyl (C=O) groups excluding carboxylic acids is 4. The highest BCUT2D eigenvalue weighted by atomic mass is 16.6. The molecule has 0 radical (unpaired) electrons. The lowest BCUT2D eigenvalue weighted by Gasteiger charge is -2.18. The first-order valence-electron chi connectivity index (χ1n) is 39.3. The van der Waals surface area contributed by atoms with E-state index in [1.807, 2.05) is 0 Å². The van der Waals surface area contributed by atoms with Crippen LogP contribution in [0.15, 0.2) is 97.2 Å². The zero-order valence-electron chi connectivity index (χ0n) is 61.6. The molecule has 94 heavy (non-hydrogen) atoms. The first-order valence-corrected chi connectivity index (χ1v) is 39.3. The van der Waals surface area contributed by atoms with Crippen molar-refractivity contribution in [1.82, 2.24) is 9.80 Å². The Morgan fingerprint density at radius 3 is 0.798 bits per heavy atom. The molecule has 0 aromatic heterocycles. The maximum Gasteiger partial charge on any atom is 0.306 e. The van der Waals surface area contributed by atoms with E-state index in [1.165, 1.54) is 128 Å². The molecule has 1 aliphatic rings. The van der Waals surface area contributed by atoms with E-state index in [2.05, 4.69) is 135 Å². The first kappa shape index (κ1) is 87.7. The Hall–Kier alpha value is -4.28. The summed E-state index contributed by atoms with van der Waals surface area (Å²) in [5.41, 5.74) is 0. The van der Waals surface area contributed by atoms with Crippen molar-refractivity contribution in [1.29, 1.82) is 0 Å². The Bertz CT molecular complexity index is 1830. The van der Waals surface area contributed by atoms with E-state index in [1.54, 1.807) is 0 Å². The van der Waals surface area contributed by atoms with Crippen molar-refractivity contribution in [2.24, 2.45) is 0 Å². The second-order valence-electron chi connectivity index (χ2n) is 27.5. The van der Waals surface area contributed by atoms with Gasteiger partial charge in [0.2, 0.25) is 0 Å². The molecule has 0 spiro atoms. The van der Waals surface area contributed by atoms with E-state index in [4.69, 9.17) is 18.9 Å². The fourth-order valence-corrected chi connectivity index (χ4v) is 11.8. The Morgan fingerprint density at radius 2 is 0.543 bits per heavy atom. The van der Waals surface area contributed by atoms with Crippen molar-refractivity contribution >= 4 is 23.9 Å². The SMILES string of the molecule is CN(C)CCCC(=O)OC1CCCCCCCCC=CCC=CCCCCOC(=O)CCCCC=CCC=CCCCCCCCCC(OC(=O)CCCN(C)C)CCCCCCCCC=CCC=CCCCCOC(=O)CCCCC=CCC=CCCCCCCCC1. The van der Waals surface area contributed by atoms with Gasteiger partial charge in [0.25, 0.3) is 0 Å². The average molecular weight is 1310 g/mol. The van der Waals surface area contributed by atoms with Crippen LogP contribution < -0.4 is 0 Å². The fourth-order valence-electron chi connectivity index (χ4n) is 11.8. The summed E-state index contributed by atoms with van der Waals surface area (Å²) in [4.78, 5) is 54.3. The van der Waals surface area contributed by atoms with Crippen LogP contribution in [0.25, 0.3) is 0 Å². The minimum atomic E-state index is -0.0624. The zero-order valence-corrected chi connectivity index (χ0v) is 61.6. The lowest BCUT2D eigenvalue weighted by atomic mass is 10.0. The van der Waals surface area contributed by atoms with Gasteiger partial charge in [-0.05, 0) is 260 Å². The molecular weight excluding hydrogens is 1160 g/mol. The van der Waals surface area contributed by atoms with Crippen molar-refractivity contribution in [3.05, 3.63) is 97.2 Å². The highest BCUT2D eigenvalue weighted by molar-refractivity contribution is 5.70. The maximum absolute atomic E-state index is 12.7. The van der Waals surface area contributed by atoms with Crippen LogP contribution in [0.1, 0.15) is 347 Å². The van der Waals surface area contributed by atoms with Crippen LogP contribution in [0.3, 0.4) is 0 Å². The topological polar surface area (TPSA) is 112 Å². The Morgan fingerprint density at radius 1 is 0.319 bits per heavy atom. The number of hydrogen-bond donors (Lipinski definition) is 0. The summed E-state index contributed by atoms with van der Waals surface area (Å²) >= 11 is 0. The summed E-state index contributed by atoms with van der Waals surface area (Å²) in [6.45, 7) is 2.87. The third-order valence-electron chi connectivity index (χ3n) is 17.6. The van der Waals surface area contributed by atoms with Gasteiger partial charge in [0, 0.05) is 25.7 Å². The van der Waals surface area contributed by atoms with Crippen LogP contribution in [0.5, 0.6) is 0 Å². The van der Waals surface area contributed by atoms with E-state index < -0.39 is 0 Å². The van der Waals surface area contributed by atoms with Crippen molar-refractivity contribution in [2.45, 2.75) is 359 Å². The number of allylic oxidation sites excluding steroid dienone is 16. The minimum absolute atomic E-state index is 0.0235. The minimum Gasteiger partial charge on any atom is -0.466 e. The highest BCUT2D eigenvalue weighted by Gasteiger charge is 2.16. The molecule has 0 saturated carbocycles. The van der Waals surface area contributed by atoms with E-state index in [0.29, 0.717) is 38.9 Å². The number of hydrogen-bond acceptors (Lipinski definition) is 10. The lowest BCUT2D eigenvalue weighted by Crippen LogP contribution is -2.20. The van der Waals surface area contributed by atoms with Crippen LogP contribution >= 0.6 is 0 Å². The number of ether oxygens (including phenoxy) is 4. The summed E-state index contributed by atoms with van der Waals surface area (Å²) in [6.07, 6.45) is 94.0. The summed E-state index contributed by atoms with van der Waals surface area (Å²) in [7, 11) is 8.21. The van der Waals surface area contributed by atoms with Gasteiger partial charge in [-0.2, -0.15) is 0 Å². The van der Waals surface area contributed by atoms with Crippen LogP contribution in [-0.2, 0) is 38.1 Å². The van der Waals surface area contributed by atoms with Crippen LogP contribution in [-0.4, -0.2) is 100 Å². The molecule has 0 N–H and O–H groups in total. The van der Waals surface area contributed by atoms with E-state index in [-0.39, 0.29) is 36.1 Å². The quantitative estimate of drug-likeness (QED) is 0.119. The summed E-state index contributed by atoms with van der Waals surface area (Å²) in [6, 6.07) is 0. The third-order valence-corrected chi connectivity index (χ3v) is 17.6. The standard InChI is InChI=1S/C84H146N2O8/c1-85(2)75-65-73-83(89)93-79-67-57-49-41-33-25-17-9-5-13-21-29-37-45-53-61-71-81(87)92-78-64-56-48-40-32-24-16-8-12-20-28-36-44-52-60-70-80(94-84(90)74-66-76-86(3)4)68-58-50-42-34-26-18-10-6-14-22-30-38-46-54-62-72-82(88)91-77-63-55-47-39-31-23-15-7-11-19-27-35-43-51-59-69-79/h5-8,13-16,29-32,37-40,79-80H,9-12,17-28,33-36,41-78H2,1-4H3. The van der Waals surface area contributed by atoms with Crippen LogP contribution in [0.4, 0.5) is 0 Å². The molecule has 10 nitrogen and oxygen atoms in total. The Balaban J connectivity index is 2.50. The fraction of sp³-hybridized carbons (Fsp3) is 0.762. The van der Waals surface area contributed by atoms with Crippen molar-refractivity contribution < 1.29 is 38.1 Å². The molecule has 0 aliphatic carbocycles. The molecular formula is C84H146N2O8. The largest absolute Gasteiger partial charge is 0.466 e. The van der Waals surface area contributed by atoms with Crippen molar-refractivity contribution in [3.8, 4) is 0 Å². The molecule has 1 rings (SSSR count). The normalized spacial score (nSPS) is 21.5. The summed E-state index contributed by atoms with van der Waals surface area (Å²) in [5, 5.41) is 0. The zero-order chi connectivity index (χ0) is 67.8.